The van der Waals surface area contributed by atoms with Crippen LogP contribution in [0.3, 0.4) is 0 Å². The van der Waals surface area contributed by atoms with E-state index in [4.69, 9.17) is 10.5 Å². The molecule has 0 spiro atoms. The van der Waals surface area contributed by atoms with E-state index < -0.39 is 0 Å². The first-order valence-electron chi connectivity index (χ1n) is 6.16. The first-order chi connectivity index (χ1) is 9.15. The number of methoxy groups -OCH3 is 1. The number of benzene rings is 1. The van der Waals surface area contributed by atoms with E-state index in [1.165, 1.54) is 5.56 Å². The summed E-state index contributed by atoms with van der Waals surface area (Å²) in [6.45, 7) is 3.37. The minimum atomic E-state index is -0.199. The van der Waals surface area contributed by atoms with Gasteiger partial charge in [0.15, 0.2) is 0 Å². The number of aryl methyl sites for hydroxylation is 1. The summed E-state index contributed by atoms with van der Waals surface area (Å²) in [5.74, 6) is 0. The van der Waals surface area contributed by atoms with E-state index >= 15 is 0 Å². The second kappa shape index (κ2) is 6.32. The van der Waals surface area contributed by atoms with Crippen molar-refractivity contribution in [2.45, 2.75) is 19.5 Å². The van der Waals surface area contributed by atoms with Crippen LogP contribution >= 0.6 is 15.9 Å². The van der Waals surface area contributed by atoms with Crippen molar-refractivity contribution in [3.05, 3.63) is 51.8 Å². The quantitative estimate of drug-likeness (QED) is 0.920. The summed E-state index contributed by atoms with van der Waals surface area (Å²) in [7, 11) is 1.68. The Hall–Kier alpha value is -1.17. The Bertz CT molecular complexity index is 553. The Labute approximate surface area is 121 Å². The van der Waals surface area contributed by atoms with Crippen LogP contribution in [0.25, 0.3) is 0 Å². The molecule has 0 fully saturated rings. The van der Waals surface area contributed by atoms with Crippen molar-refractivity contribution in [3.63, 3.8) is 0 Å². The fourth-order valence-electron chi connectivity index (χ4n) is 2.12. The average Bonchev–Trinajstić information content (AvgIpc) is 2.77. The van der Waals surface area contributed by atoms with E-state index in [1.807, 2.05) is 16.8 Å². The summed E-state index contributed by atoms with van der Waals surface area (Å²) in [5, 5.41) is 4.34. The highest BCUT2D eigenvalue weighted by Crippen LogP contribution is 2.28. The van der Waals surface area contributed by atoms with E-state index in [-0.39, 0.29) is 6.04 Å². The maximum absolute atomic E-state index is 6.40. The summed E-state index contributed by atoms with van der Waals surface area (Å²) >= 11 is 3.53. The third-order valence-corrected chi connectivity index (χ3v) is 3.77. The molecular formula is C14H18BrN3O. The van der Waals surface area contributed by atoms with Crippen LogP contribution in [0.5, 0.6) is 0 Å². The second-order valence-corrected chi connectivity index (χ2v) is 5.28. The lowest BCUT2D eigenvalue weighted by Crippen LogP contribution is -2.20. The Balaban J connectivity index is 2.35. The number of hydrogen-bond acceptors (Lipinski definition) is 3. The lowest BCUT2D eigenvalue weighted by molar-refractivity contribution is 0.182. The van der Waals surface area contributed by atoms with Crippen molar-refractivity contribution in [1.82, 2.24) is 9.78 Å². The highest BCUT2D eigenvalue weighted by molar-refractivity contribution is 9.10. The molecule has 2 rings (SSSR count). The number of ether oxygens (including phenoxy) is 1. The molecule has 5 heteroatoms. The molecule has 1 aromatic heterocycles. The van der Waals surface area contributed by atoms with Gasteiger partial charge in [0.2, 0.25) is 0 Å². The molecule has 0 amide bonds. The zero-order valence-corrected chi connectivity index (χ0v) is 12.7. The van der Waals surface area contributed by atoms with Crippen molar-refractivity contribution < 1.29 is 4.74 Å². The fraction of sp³-hybridized carbons (Fsp3) is 0.357. The van der Waals surface area contributed by atoms with Crippen molar-refractivity contribution >= 4 is 15.9 Å². The van der Waals surface area contributed by atoms with Crippen LogP contribution in [-0.4, -0.2) is 23.5 Å². The molecule has 0 bridgehead atoms. The average molecular weight is 324 g/mol. The summed E-state index contributed by atoms with van der Waals surface area (Å²) < 4.78 is 7.93. The van der Waals surface area contributed by atoms with Gasteiger partial charge in [-0.2, -0.15) is 5.10 Å². The molecule has 0 saturated carbocycles. The topological polar surface area (TPSA) is 53.1 Å². The minimum absolute atomic E-state index is 0.199. The van der Waals surface area contributed by atoms with Gasteiger partial charge in [-0.15, -0.1) is 0 Å². The minimum Gasteiger partial charge on any atom is -0.383 e. The Morgan fingerprint density at radius 2 is 2.16 bits per heavy atom. The molecule has 0 aliphatic heterocycles. The molecule has 0 aliphatic carbocycles. The second-order valence-electron chi connectivity index (χ2n) is 4.43. The molecule has 19 heavy (non-hydrogen) atoms. The van der Waals surface area contributed by atoms with Crippen molar-refractivity contribution in [3.8, 4) is 0 Å². The van der Waals surface area contributed by atoms with E-state index in [0.717, 1.165) is 15.7 Å². The molecule has 4 nitrogen and oxygen atoms in total. The molecule has 0 aliphatic rings. The van der Waals surface area contributed by atoms with Gasteiger partial charge in [-0.3, -0.25) is 4.68 Å². The zero-order chi connectivity index (χ0) is 13.8. The lowest BCUT2D eigenvalue weighted by atomic mass is 9.99. The van der Waals surface area contributed by atoms with E-state index in [9.17, 15) is 0 Å². The molecule has 2 N–H and O–H groups in total. The number of halogens is 1. The Morgan fingerprint density at radius 3 is 2.84 bits per heavy atom. The van der Waals surface area contributed by atoms with Gasteiger partial charge in [0, 0.05) is 7.11 Å². The first-order valence-corrected chi connectivity index (χ1v) is 6.95. The summed E-state index contributed by atoms with van der Waals surface area (Å²) in [4.78, 5) is 0. The molecular weight excluding hydrogens is 306 g/mol. The van der Waals surface area contributed by atoms with Gasteiger partial charge in [0.25, 0.3) is 0 Å². The first kappa shape index (κ1) is 14.2. The summed E-state index contributed by atoms with van der Waals surface area (Å²) in [6.07, 6.45) is 1.78. The Kier molecular flexibility index (Phi) is 4.74. The standard InChI is InChI=1S/C14H18BrN3O/c1-10-5-3-4-6-11(10)13(16)14-12(15)9-17-18(14)7-8-19-2/h3-6,9,13H,7-8,16H2,1-2H3. The number of aromatic nitrogens is 2. The number of nitrogens with zero attached hydrogens (tertiary/aromatic N) is 2. The summed E-state index contributed by atoms with van der Waals surface area (Å²) in [5.41, 5.74) is 9.68. The molecule has 102 valence electrons. The highest BCUT2D eigenvalue weighted by atomic mass is 79.9. The molecule has 1 unspecified atom stereocenters. The molecule has 1 aromatic carbocycles. The van der Waals surface area contributed by atoms with Crippen molar-refractivity contribution in [2.24, 2.45) is 5.73 Å². The monoisotopic (exact) mass is 323 g/mol. The van der Waals surface area contributed by atoms with Gasteiger partial charge >= 0.3 is 0 Å². The number of rotatable bonds is 5. The largest absolute Gasteiger partial charge is 0.383 e. The van der Waals surface area contributed by atoms with Crippen molar-refractivity contribution in [2.75, 3.05) is 13.7 Å². The third kappa shape index (κ3) is 3.05. The lowest BCUT2D eigenvalue weighted by Gasteiger charge is -2.17. The maximum atomic E-state index is 6.40. The predicted octanol–water partition coefficient (Wildman–Crippen LogP) is 2.65. The van der Waals surface area contributed by atoms with Gasteiger partial charge < -0.3 is 10.5 Å². The summed E-state index contributed by atoms with van der Waals surface area (Å²) in [6, 6.07) is 7.95. The highest BCUT2D eigenvalue weighted by Gasteiger charge is 2.19. The van der Waals surface area contributed by atoms with Crippen LogP contribution in [0.4, 0.5) is 0 Å². The van der Waals surface area contributed by atoms with Crippen LogP contribution in [0.15, 0.2) is 34.9 Å². The fourth-order valence-corrected chi connectivity index (χ4v) is 2.66. The van der Waals surface area contributed by atoms with Gasteiger partial charge in [-0.05, 0) is 34.0 Å². The van der Waals surface area contributed by atoms with Crippen LogP contribution in [0.1, 0.15) is 22.9 Å². The molecule has 0 saturated heterocycles. The van der Waals surface area contributed by atoms with E-state index in [0.29, 0.717) is 13.2 Å². The third-order valence-electron chi connectivity index (χ3n) is 3.16. The maximum Gasteiger partial charge on any atom is 0.0740 e. The predicted molar refractivity (Wildman–Crippen MR) is 79.0 cm³/mol. The van der Waals surface area contributed by atoms with Gasteiger partial charge in [-0.1, -0.05) is 24.3 Å². The number of nitrogens with two attached hydrogens (primary N) is 1. The van der Waals surface area contributed by atoms with Crippen LogP contribution < -0.4 is 5.73 Å². The normalized spacial score (nSPS) is 12.6. The Morgan fingerprint density at radius 1 is 1.42 bits per heavy atom. The molecule has 1 heterocycles. The number of hydrogen-bond donors (Lipinski definition) is 1. The van der Waals surface area contributed by atoms with E-state index in [2.05, 4.69) is 40.1 Å². The SMILES string of the molecule is COCCn1ncc(Br)c1C(N)c1ccccc1C. The van der Waals surface area contributed by atoms with Gasteiger partial charge in [-0.25, -0.2) is 0 Å². The van der Waals surface area contributed by atoms with Gasteiger partial charge in [0.05, 0.1) is 35.6 Å². The molecule has 2 aromatic rings. The molecule has 0 radical (unpaired) electrons. The van der Waals surface area contributed by atoms with Crippen molar-refractivity contribution in [1.29, 1.82) is 0 Å². The smallest absolute Gasteiger partial charge is 0.0740 e. The van der Waals surface area contributed by atoms with Crippen LogP contribution in [0, 0.1) is 6.92 Å². The zero-order valence-electron chi connectivity index (χ0n) is 11.1. The van der Waals surface area contributed by atoms with Gasteiger partial charge in [0.1, 0.15) is 0 Å². The van der Waals surface area contributed by atoms with E-state index in [1.54, 1.807) is 13.3 Å². The van der Waals surface area contributed by atoms with Crippen LogP contribution in [-0.2, 0) is 11.3 Å². The molecule has 1 atom stereocenters. The van der Waals surface area contributed by atoms with Crippen LogP contribution in [0.2, 0.25) is 0 Å².